The largest absolute Gasteiger partial charge is 0.473 e. The maximum absolute atomic E-state index is 12.8. The summed E-state index contributed by atoms with van der Waals surface area (Å²) in [4.78, 5) is 36.6. The summed E-state index contributed by atoms with van der Waals surface area (Å²) in [6.07, 6.45) is 6.15. The number of hydrogen-bond acceptors (Lipinski definition) is 7. The Labute approximate surface area is 199 Å². The number of amides is 1. The number of nitrogens with zero attached hydrogens (tertiary/aromatic N) is 3. The maximum atomic E-state index is 12.8. The van der Waals surface area contributed by atoms with Crippen molar-refractivity contribution in [2.24, 2.45) is 0 Å². The molecule has 1 aliphatic heterocycles. The standard InChI is InChI=1S/C18H22BrN3O4S.C2H2O4/c19-17-7-6-16(26-17)18(23)21(14-15-5-4-8-20-13-15)11-12-27(24,25)22-9-2-1-3-10-22;3-1(4)2(5)6/h4-8,13H,1-3,9-12,14H2;(H,3,4)(H,5,6). The van der Waals surface area contributed by atoms with Gasteiger partial charge in [-0.1, -0.05) is 12.5 Å². The Kier molecular flexibility index (Phi) is 10.0. The van der Waals surface area contributed by atoms with Gasteiger partial charge in [0.05, 0.1) is 5.75 Å². The van der Waals surface area contributed by atoms with Crippen molar-refractivity contribution in [2.45, 2.75) is 25.8 Å². The van der Waals surface area contributed by atoms with Gasteiger partial charge in [-0.05, 0) is 52.5 Å². The molecule has 1 amide bonds. The van der Waals surface area contributed by atoms with Crippen molar-refractivity contribution in [2.75, 3.05) is 25.4 Å². The third-order valence-electron chi connectivity index (χ3n) is 4.68. The van der Waals surface area contributed by atoms with Gasteiger partial charge < -0.3 is 19.5 Å². The molecule has 3 heterocycles. The highest BCUT2D eigenvalue weighted by molar-refractivity contribution is 9.10. The van der Waals surface area contributed by atoms with Crippen molar-refractivity contribution in [3.8, 4) is 0 Å². The lowest BCUT2D eigenvalue weighted by molar-refractivity contribution is -0.159. The van der Waals surface area contributed by atoms with E-state index >= 15 is 0 Å². The molecule has 0 aromatic carbocycles. The highest BCUT2D eigenvalue weighted by Gasteiger charge is 2.27. The van der Waals surface area contributed by atoms with E-state index in [1.165, 1.54) is 9.21 Å². The van der Waals surface area contributed by atoms with Crippen LogP contribution in [-0.4, -0.2) is 76.1 Å². The van der Waals surface area contributed by atoms with Gasteiger partial charge >= 0.3 is 11.9 Å². The number of carboxylic acid groups (broad SMARTS) is 2. The van der Waals surface area contributed by atoms with Crippen LogP contribution in [0.1, 0.15) is 35.4 Å². The minimum absolute atomic E-state index is 0.0882. The van der Waals surface area contributed by atoms with Gasteiger partial charge in [0.15, 0.2) is 10.4 Å². The van der Waals surface area contributed by atoms with E-state index in [0.29, 0.717) is 17.8 Å². The molecular formula is C20H24BrN3O8S. The third kappa shape index (κ3) is 8.59. The van der Waals surface area contributed by atoms with Crippen molar-refractivity contribution in [1.29, 1.82) is 0 Å². The predicted molar refractivity (Wildman–Crippen MR) is 120 cm³/mol. The molecule has 1 aliphatic rings. The summed E-state index contributed by atoms with van der Waals surface area (Å²) < 4.78 is 32.6. The molecule has 0 spiro atoms. The number of rotatable bonds is 7. The Morgan fingerprint density at radius 3 is 2.27 bits per heavy atom. The van der Waals surface area contributed by atoms with Crippen LogP contribution in [0.2, 0.25) is 0 Å². The first-order chi connectivity index (χ1) is 15.6. The van der Waals surface area contributed by atoms with Crippen molar-refractivity contribution >= 4 is 43.8 Å². The summed E-state index contributed by atoms with van der Waals surface area (Å²) in [5.74, 6) is -3.94. The Morgan fingerprint density at radius 1 is 1.09 bits per heavy atom. The van der Waals surface area contributed by atoms with E-state index < -0.39 is 22.0 Å². The van der Waals surface area contributed by atoms with Crippen molar-refractivity contribution in [1.82, 2.24) is 14.2 Å². The second-order valence-electron chi connectivity index (χ2n) is 7.08. The summed E-state index contributed by atoms with van der Waals surface area (Å²) in [5.41, 5.74) is 0.826. The fourth-order valence-corrected chi connectivity index (χ4v) is 4.88. The molecule has 0 atom stereocenters. The number of aromatic nitrogens is 1. The van der Waals surface area contributed by atoms with E-state index in [4.69, 9.17) is 24.2 Å². The number of sulfonamides is 1. The van der Waals surface area contributed by atoms with Gasteiger partial charge in [-0.2, -0.15) is 0 Å². The number of carbonyl (C=O) groups is 3. The smallest absolute Gasteiger partial charge is 0.414 e. The molecule has 2 N–H and O–H groups in total. The van der Waals surface area contributed by atoms with Crippen LogP contribution in [-0.2, 0) is 26.2 Å². The summed E-state index contributed by atoms with van der Waals surface area (Å²) >= 11 is 3.19. The quantitative estimate of drug-likeness (QED) is 0.496. The molecule has 0 saturated carbocycles. The molecule has 2 aromatic rings. The maximum Gasteiger partial charge on any atom is 0.414 e. The average Bonchev–Trinajstić information content (AvgIpc) is 3.24. The van der Waals surface area contributed by atoms with E-state index in [9.17, 15) is 13.2 Å². The van der Waals surface area contributed by atoms with E-state index in [1.54, 1.807) is 30.6 Å². The molecule has 11 nitrogen and oxygen atoms in total. The molecule has 3 rings (SSSR count). The minimum Gasteiger partial charge on any atom is -0.473 e. The second-order valence-corrected chi connectivity index (χ2v) is 9.95. The van der Waals surface area contributed by atoms with Gasteiger partial charge in [0.1, 0.15) is 0 Å². The molecule has 0 aliphatic carbocycles. The fourth-order valence-electron chi connectivity index (χ4n) is 3.05. The Morgan fingerprint density at radius 2 is 1.76 bits per heavy atom. The van der Waals surface area contributed by atoms with E-state index in [2.05, 4.69) is 20.9 Å². The highest BCUT2D eigenvalue weighted by Crippen LogP contribution is 2.18. The van der Waals surface area contributed by atoms with Gasteiger partial charge in [0.2, 0.25) is 10.0 Å². The van der Waals surface area contributed by atoms with Crippen molar-refractivity contribution in [3.05, 3.63) is 52.7 Å². The molecule has 1 saturated heterocycles. The Bertz CT molecular complexity index is 1040. The molecule has 0 radical (unpaired) electrons. The van der Waals surface area contributed by atoms with Crippen LogP contribution in [0.3, 0.4) is 0 Å². The number of piperidine rings is 1. The Hall–Kier alpha value is -2.77. The summed E-state index contributed by atoms with van der Waals surface area (Å²) in [6, 6.07) is 6.85. The number of furan rings is 1. The van der Waals surface area contributed by atoms with Crippen LogP contribution < -0.4 is 0 Å². The van der Waals surface area contributed by atoms with Crippen LogP contribution >= 0.6 is 15.9 Å². The van der Waals surface area contributed by atoms with Crippen LogP contribution in [0.5, 0.6) is 0 Å². The lowest BCUT2D eigenvalue weighted by Gasteiger charge is -2.28. The predicted octanol–water partition coefficient (Wildman–Crippen LogP) is 2.05. The molecule has 33 heavy (non-hydrogen) atoms. The zero-order valence-electron chi connectivity index (χ0n) is 17.6. The van der Waals surface area contributed by atoms with Crippen molar-refractivity contribution < 1.29 is 37.4 Å². The number of aliphatic carboxylic acids is 2. The molecule has 0 unspecified atom stereocenters. The number of carbonyl (C=O) groups excluding carboxylic acids is 1. The topological polar surface area (TPSA) is 158 Å². The molecular weight excluding hydrogens is 522 g/mol. The number of pyridine rings is 1. The number of hydrogen-bond donors (Lipinski definition) is 2. The fraction of sp³-hybridized carbons (Fsp3) is 0.400. The van der Waals surface area contributed by atoms with Gasteiger partial charge in [-0.25, -0.2) is 22.3 Å². The third-order valence-corrected chi connectivity index (χ3v) is 6.95. The summed E-state index contributed by atoms with van der Waals surface area (Å²) in [5, 5.41) is 14.8. The lowest BCUT2D eigenvalue weighted by Crippen LogP contribution is -2.41. The molecule has 0 bridgehead atoms. The molecule has 180 valence electrons. The molecule has 13 heteroatoms. The van der Waals surface area contributed by atoms with Crippen LogP contribution in [0, 0.1) is 0 Å². The molecule has 2 aromatic heterocycles. The minimum atomic E-state index is -3.40. The van der Waals surface area contributed by atoms with E-state index in [1.807, 2.05) is 6.07 Å². The Balaban J connectivity index is 0.000000569. The van der Waals surface area contributed by atoms with Crippen molar-refractivity contribution in [3.63, 3.8) is 0 Å². The van der Waals surface area contributed by atoms with Crippen LogP contribution in [0.25, 0.3) is 0 Å². The van der Waals surface area contributed by atoms with Crippen LogP contribution in [0.4, 0.5) is 0 Å². The highest BCUT2D eigenvalue weighted by atomic mass is 79.9. The van der Waals surface area contributed by atoms with Gasteiger partial charge in [0.25, 0.3) is 5.91 Å². The normalized spacial score (nSPS) is 14.1. The first kappa shape index (κ1) is 26.5. The number of carboxylic acids is 2. The first-order valence-electron chi connectivity index (χ1n) is 9.97. The van der Waals surface area contributed by atoms with E-state index in [0.717, 1.165) is 24.8 Å². The van der Waals surface area contributed by atoms with Crippen LogP contribution in [0.15, 0.2) is 45.7 Å². The summed E-state index contributed by atoms with van der Waals surface area (Å²) in [6.45, 7) is 1.47. The first-order valence-corrected chi connectivity index (χ1v) is 12.4. The monoisotopic (exact) mass is 545 g/mol. The van der Waals surface area contributed by atoms with E-state index in [-0.39, 0.29) is 30.5 Å². The van der Waals surface area contributed by atoms with Gasteiger partial charge in [0, 0.05) is 38.6 Å². The number of halogens is 1. The lowest BCUT2D eigenvalue weighted by atomic mass is 10.2. The molecule has 1 fully saturated rings. The average molecular weight is 546 g/mol. The second kappa shape index (κ2) is 12.5. The summed E-state index contributed by atoms with van der Waals surface area (Å²) in [7, 11) is -3.40. The zero-order chi connectivity index (χ0) is 24.4. The van der Waals surface area contributed by atoms with Gasteiger partial charge in [-0.3, -0.25) is 9.78 Å². The van der Waals surface area contributed by atoms with Gasteiger partial charge in [-0.15, -0.1) is 0 Å². The zero-order valence-corrected chi connectivity index (χ0v) is 20.0. The SMILES string of the molecule is O=C(O)C(=O)O.O=C(c1ccc(Br)o1)N(CCS(=O)(=O)N1CCCCC1)Cc1cccnc1.